The first-order chi connectivity index (χ1) is 32.9. The number of benzene rings is 10. The number of fused-ring (bicyclic) bond motifs is 3. The minimum absolute atomic E-state index is 0.160. The van der Waals surface area contributed by atoms with Gasteiger partial charge in [0.2, 0.25) is 0 Å². The fraction of sp³-hybridized carbons (Fsp3) is 0.0625. The molecule has 0 unspecified atom stereocenters. The van der Waals surface area contributed by atoms with Gasteiger partial charge in [-0.15, -0.1) is 0 Å². The van der Waals surface area contributed by atoms with Gasteiger partial charge in [0.05, 0.1) is 0 Å². The van der Waals surface area contributed by atoms with Crippen LogP contribution in [0, 0.1) is 6.92 Å². The van der Waals surface area contributed by atoms with Crippen LogP contribution in [0.5, 0.6) is 11.5 Å². The Labute approximate surface area is 395 Å². The first-order valence-electron chi connectivity index (χ1n) is 23.0. The molecule has 1 aliphatic rings. The SMILES string of the molecule is Cc1ccc(-c2ccc(N(c3ccccc3)c3ccc4c(c3)C(C)(C)c3cc(Nc5ccccc5)ccc3-4)cc2)cc1Oc1ccccc1.c1ccc(-c2ccc(-c3ccccc3)cc2)cc1. The van der Waals surface area contributed by atoms with Crippen LogP contribution in [0.1, 0.15) is 30.5 Å². The number of aryl methyl sites for hydroxylation is 1. The third-order valence-electron chi connectivity index (χ3n) is 12.7. The summed E-state index contributed by atoms with van der Waals surface area (Å²) in [4.78, 5) is 2.35. The highest BCUT2D eigenvalue weighted by Gasteiger charge is 2.36. The second-order valence-electron chi connectivity index (χ2n) is 17.5. The first kappa shape index (κ1) is 42.5. The van der Waals surface area contributed by atoms with Crippen LogP contribution < -0.4 is 15.0 Å². The van der Waals surface area contributed by atoms with Crippen LogP contribution in [0.3, 0.4) is 0 Å². The van der Waals surface area contributed by atoms with E-state index in [9.17, 15) is 0 Å². The first-order valence-corrected chi connectivity index (χ1v) is 23.0. The van der Waals surface area contributed by atoms with Crippen LogP contribution in [0.15, 0.2) is 255 Å². The Kier molecular flexibility index (Phi) is 12.1. The van der Waals surface area contributed by atoms with Crippen LogP contribution >= 0.6 is 0 Å². The van der Waals surface area contributed by atoms with Crippen LogP contribution in [-0.2, 0) is 5.41 Å². The Balaban J connectivity index is 0.000000243. The summed E-state index contributed by atoms with van der Waals surface area (Å²) in [5.74, 6) is 1.70. The van der Waals surface area contributed by atoms with E-state index in [0.717, 1.165) is 56.6 Å². The maximum absolute atomic E-state index is 6.25. The number of rotatable bonds is 10. The molecule has 0 spiro atoms. The zero-order valence-corrected chi connectivity index (χ0v) is 38.1. The summed E-state index contributed by atoms with van der Waals surface area (Å²) >= 11 is 0. The second-order valence-corrected chi connectivity index (χ2v) is 17.5. The van der Waals surface area contributed by atoms with Gasteiger partial charge in [0.15, 0.2) is 0 Å². The van der Waals surface area contributed by atoms with Crippen LogP contribution in [0.25, 0.3) is 44.5 Å². The lowest BCUT2D eigenvalue weighted by Crippen LogP contribution is -2.16. The fourth-order valence-corrected chi connectivity index (χ4v) is 9.08. The summed E-state index contributed by atoms with van der Waals surface area (Å²) in [6.07, 6.45) is 0. The molecule has 1 aliphatic carbocycles. The van der Waals surface area contributed by atoms with Gasteiger partial charge in [-0.05, 0) is 147 Å². The Morgan fingerprint density at radius 2 is 0.791 bits per heavy atom. The van der Waals surface area contributed by atoms with Crippen molar-refractivity contribution in [2.75, 3.05) is 10.2 Å². The fourth-order valence-electron chi connectivity index (χ4n) is 9.08. The van der Waals surface area contributed by atoms with Gasteiger partial charge in [-0.3, -0.25) is 0 Å². The molecule has 0 atom stereocenters. The molecular weight excluding hydrogens is 813 g/mol. The molecule has 324 valence electrons. The van der Waals surface area contributed by atoms with Crippen LogP contribution in [-0.4, -0.2) is 0 Å². The highest BCUT2D eigenvalue weighted by atomic mass is 16.5. The lowest BCUT2D eigenvalue weighted by atomic mass is 9.82. The standard InChI is InChI=1S/C46H38N2O.C18H14/c1-32-19-20-34(29-45(32)49-40-17-11-6-12-18-40)33-21-24-38(25-22-33)48(37-15-9-5-10-16-37)39-26-28-42-41-27-23-36(47-35-13-7-4-8-14-35)30-43(41)46(2,3)44(42)31-39;1-3-7-15(8-4-1)17-11-13-18(14-12-17)16-9-5-2-6-10-16/h4-31,47H,1-3H3;1-14H. The van der Waals surface area contributed by atoms with E-state index in [1.165, 1.54) is 44.5 Å². The molecule has 0 radical (unpaired) electrons. The lowest BCUT2D eigenvalue weighted by Gasteiger charge is -2.28. The maximum atomic E-state index is 6.25. The average Bonchev–Trinajstić information content (AvgIpc) is 3.61. The summed E-state index contributed by atoms with van der Waals surface area (Å²) in [6.45, 7) is 6.76. The zero-order valence-electron chi connectivity index (χ0n) is 38.1. The molecule has 0 saturated heterocycles. The molecule has 10 aromatic rings. The Bertz CT molecular complexity index is 3160. The van der Waals surface area contributed by atoms with Crippen molar-refractivity contribution in [3.05, 3.63) is 271 Å². The molecule has 10 aromatic carbocycles. The van der Waals surface area contributed by atoms with Crippen molar-refractivity contribution in [3.8, 4) is 56.0 Å². The molecule has 0 fully saturated rings. The molecule has 67 heavy (non-hydrogen) atoms. The van der Waals surface area contributed by atoms with E-state index in [1.54, 1.807) is 0 Å². The molecule has 1 N–H and O–H groups in total. The molecule has 0 amide bonds. The Hall–Kier alpha value is -8.40. The number of para-hydroxylation sites is 3. The summed E-state index contributed by atoms with van der Waals surface area (Å²) in [6, 6.07) is 89.5. The molecular formula is C64H52N2O. The molecule has 0 aromatic heterocycles. The molecule has 0 bridgehead atoms. The van der Waals surface area contributed by atoms with Crippen molar-refractivity contribution < 1.29 is 4.74 Å². The smallest absolute Gasteiger partial charge is 0.130 e. The minimum Gasteiger partial charge on any atom is -0.457 e. The summed E-state index contributed by atoms with van der Waals surface area (Å²) in [5.41, 5.74) is 19.1. The van der Waals surface area contributed by atoms with Crippen molar-refractivity contribution >= 4 is 28.4 Å². The number of anilines is 5. The average molecular weight is 865 g/mol. The van der Waals surface area contributed by atoms with Gasteiger partial charge in [0, 0.05) is 33.9 Å². The number of nitrogens with zero attached hydrogens (tertiary/aromatic N) is 1. The van der Waals surface area contributed by atoms with Crippen molar-refractivity contribution in [1.82, 2.24) is 0 Å². The molecule has 0 saturated carbocycles. The molecule has 3 nitrogen and oxygen atoms in total. The predicted octanol–water partition coefficient (Wildman–Crippen LogP) is 18.0. The number of hydrogen-bond acceptors (Lipinski definition) is 3. The monoisotopic (exact) mass is 864 g/mol. The highest BCUT2D eigenvalue weighted by Crippen LogP contribution is 2.51. The quantitative estimate of drug-likeness (QED) is 0.148. The van der Waals surface area contributed by atoms with Crippen LogP contribution in [0.2, 0.25) is 0 Å². The summed E-state index contributed by atoms with van der Waals surface area (Å²) < 4.78 is 6.25. The van der Waals surface area contributed by atoms with Crippen molar-refractivity contribution in [3.63, 3.8) is 0 Å². The minimum atomic E-state index is -0.160. The summed E-state index contributed by atoms with van der Waals surface area (Å²) in [5, 5.41) is 3.59. The van der Waals surface area contributed by atoms with Gasteiger partial charge in [0.25, 0.3) is 0 Å². The third kappa shape index (κ3) is 9.27. The number of hydrogen-bond donors (Lipinski definition) is 1. The van der Waals surface area contributed by atoms with Gasteiger partial charge in [-0.1, -0.05) is 190 Å². The van der Waals surface area contributed by atoms with Gasteiger partial charge in [-0.25, -0.2) is 0 Å². The lowest BCUT2D eigenvalue weighted by molar-refractivity contribution is 0.479. The van der Waals surface area contributed by atoms with E-state index >= 15 is 0 Å². The predicted molar refractivity (Wildman–Crippen MR) is 282 cm³/mol. The van der Waals surface area contributed by atoms with E-state index in [1.807, 2.05) is 48.5 Å². The largest absolute Gasteiger partial charge is 0.457 e. The van der Waals surface area contributed by atoms with Crippen LogP contribution in [0.4, 0.5) is 28.4 Å². The van der Waals surface area contributed by atoms with Crippen molar-refractivity contribution in [1.29, 1.82) is 0 Å². The molecule has 3 heteroatoms. The van der Waals surface area contributed by atoms with Gasteiger partial charge >= 0.3 is 0 Å². The highest BCUT2D eigenvalue weighted by molar-refractivity contribution is 5.87. The van der Waals surface area contributed by atoms with E-state index in [-0.39, 0.29) is 5.41 Å². The number of nitrogens with one attached hydrogen (secondary N) is 1. The summed E-state index contributed by atoms with van der Waals surface area (Å²) in [7, 11) is 0. The van der Waals surface area contributed by atoms with E-state index < -0.39 is 0 Å². The van der Waals surface area contributed by atoms with Crippen molar-refractivity contribution in [2.45, 2.75) is 26.2 Å². The maximum Gasteiger partial charge on any atom is 0.130 e. The molecule has 11 rings (SSSR count). The van der Waals surface area contributed by atoms with Gasteiger partial charge in [0.1, 0.15) is 11.5 Å². The second kappa shape index (κ2) is 19.0. The van der Waals surface area contributed by atoms with E-state index in [4.69, 9.17) is 4.74 Å². The third-order valence-corrected chi connectivity index (χ3v) is 12.7. The van der Waals surface area contributed by atoms with E-state index in [2.05, 4.69) is 237 Å². The Morgan fingerprint density at radius 1 is 0.358 bits per heavy atom. The molecule has 0 heterocycles. The number of ether oxygens (including phenoxy) is 1. The van der Waals surface area contributed by atoms with Gasteiger partial charge in [-0.2, -0.15) is 0 Å². The van der Waals surface area contributed by atoms with E-state index in [0.29, 0.717) is 0 Å². The van der Waals surface area contributed by atoms with Crippen molar-refractivity contribution in [2.24, 2.45) is 0 Å². The topological polar surface area (TPSA) is 24.5 Å². The Morgan fingerprint density at radius 3 is 1.39 bits per heavy atom. The normalized spacial score (nSPS) is 11.9. The molecule has 0 aliphatic heterocycles. The zero-order chi connectivity index (χ0) is 45.6. The van der Waals surface area contributed by atoms with Gasteiger partial charge < -0.3 is 15.0 Å².